The fraction of sp³-hybridized carbons (Fsp3) is 0.500. The molecule has 1 fully saturated rings. The van der Waals surface area contributed by atoms with E-state index in [1.807, 2.05) is 44.2 Å². The SMILES string of the molecule is CCCNC(=O)CC(NC(=O)CC)c1ccccc1N1CCC(C)(c2cccc(O)c2)C(C)C1.O. The molecule has 1 saturated heterocycles. The number of piperidine rings is 1. The van der Waals surface area contributed by atoms with Crippen LogP contribution in [-0.4, -0.2) is 42.0 Å². The van der Waals surface area contributed by atoms with Crippen molar-refractivity contribution in [1.82, 2.24) is 10.6 Å². The lowest BCUT2D eigenvalue weighted by Gasteiger charge is -2.46. The number of carbonyl (C=O) groups is 2. The highest BCUT2D eigenvalue weighted by Gasteiger charge is 2.39. The number of anilines is 1. The van der Waals surface area contributed by atoms with E-state index in [0.29, 0.717) is 24.6 Å². The molecule has 0 aliphatic carbocycles. The van der Waals surface area contributed by atoms with E-state index in [9.17, 15) is 14.7 Å². The summed E-state index contributed by atoms with van der Waals surface area (Å²) in [6.07, 6.45) is 2.40. The Balaban J connectivity index is 0.00000432. The largest absolute Gasteiger partial charge is 0.508 e. The molecule has 0 spiro atoms. The molecule has 0 aromatic heterocycles. The Morgan fingerprint density at radius 1 is 1.14 bits per heavy atom. The number of hydrogen-bond donors (Lipinski definition) is 3. The molecule has 1 heterocycles. The van der Waals surface area contributed by atoms with Crippen molar-refractivity contribution in [1.29, 1.82) is 0 Å². The molecule has 3 unspecified atom stereocenters. The Morgan fingerprint density at radius 3 is 2.54 bits per heavy atom. The van der Waals surface area contributed by atoms with Gasteiger partial charge in [-0.05, 0) is 53.5 Å². The standard InChI is InChI=1S/C28H39N3O3.H2O/c1-5-15-29-27(34)18-24(30-26(33)6-2)23-12-7-8-13-25(23)31-16-14-28(4,20(3)19-31)21-10-9-11-22(32)17-21;/h7-13,17,20,24,32H,5-6,14-16,18-19H2,1-4H3,(H,29,34)(H,30,33);1H2. The highest BCUT2D eigenvalue weighted by molar-refractivity contribution is 5.80. The topological polar surface area (TPSA) is 113 Å². The lowest BCUT2D eigenvalue weighted by atomic mass is 9.68. The molecular weight excluding hydrogens is 442 g/mol. The van der Waals surface area contributed by atoms with E-state index in [2.05, 4.69) is 41.5 Å². The summed E-state index contributed by atoms with van der Waals surface area (Å²) in [6, 6.07) is 15.3. The minimum atomic E-state index is -0.379. The summed E-state index contributed by atoms with van der Waals surface area (Å²) in [5.41, 5.74) is 3.16. The van der Waals surface area contributed by atoms with Crippen molar-refractivity contribution in [2.45, 2.75) is 64.8 Å². The maximum absolute atomic E-state index is 12.6. The Morgan fingerprint density at radius 2 is 1.89 bits per heavy atom. The summed E-state index contributed by atoms with van der Waals surface area (Å²) < 4.78 is 0. The second-order valence-corrected chi connectivity index (χ2v) is 9.65. The maximum atomic E-state index is 12.6. The number of amides is 2. The molecule has 0 bridgehead atoms. The van der Waals surface area contributed by atoms with Crippen LogP contribution in [0.25, 0.3) is 0 Å². The predicted molar refractivity (Wildman–Crippen MR) is 141 cm³/mol. The summed E-state index contributed by atoms with van der Waals surface area (Å²) in [4.78, 5) is 27.3. The Kier molecular flexibility index (Phi) is 10.1. The monoisotopic (exact) mass is 483 g/mol. The summed E-state index contributed by atoms with van der Waals surface area (Å²) in [5, 5.41) is 16.0. The zero-order valence-corrected chi connectivity index (χ0v) is 21.4. The van der Waals surface area contributed by atoms with Crippen LogP contribution in [0.2, 0.25) is 0 Å². The second-order valence-electron chi connectivity index (χ2n) is 9.65. The van der Waals surface area contributed by atoms with Crippen LogP contribution < -0.4 is 15.5 Å². The average Bonchev–Trinajstić information content (AvgIpc) is 2.84. The zero-order chi connectivity index (χ0) is 24.7. The van der Waals surface area contributed by atoms with Crippen molar-refractivity contribution in [2.24, 2.45) is 5.92 Å². The second kappa shape index (κ2) is 12.6. The highest BCUT2D eigenvalue weighted by Crippen LogP contribution is 2.42. The molecule has 1 aliphatic rings. The smallest absolute Gasteiger partial charge is 0.222 e. The van der Waals surface area contributed by atoms with Gasteiger partial charge >= 0.3 is 0 Å². The molecule has 2 amide bonds. The number of nitrogens with one attached hydrogen (secondary N) is 2. The predicted octanol–water partition coefficient (Wildman–Crippen LogP) is 3.86. The number of benzene rings is 2. The van der Waals surface area contributed by atoms with E-state index in [4.69, 9.17) is 0 Å². The van der Waals surface area contributed by atoms with Crippen LogP contribution in [0.4, 0.5) is 5.69 Å². The fourth-order valence-electron chi connectivity index (χ4n) is 4.87. The highest BCUT2D eigenvalue weighted by atomic mass is 16.3. The van der Waals surface area contributed by atoms with Gasteiger partial charge in [-0.15, -0.1) is 0 Å². The van der Waals surface area contributed by atoms with E-state index >= 15 is 0 Å². The minimum absolute atomic E-state index is 0. The first-order valence-corrected chi connectivity index (χ1v) is 12.5. The molecule has 2 aromatic carbocycles. The van der Waals surface area contributed by atoms with Crippen molar-refractivity contribution in [3.8, 4) is 5.75 Å². The molecule has 1 aliphatic heterocycles. The summed E-state index contributed by atoms with van der Waals surface area (Å²) in [6.45, 7) is 10.7. The Hall–Kier alpha value is -3.06. The number of phenols is 1. The van der Waals surface area contributed by atoms with Gasteiger partial charge in [-0.1, -0.05) is 58.0 Å². The quantitative estimate of drug-likeness (QED) is 0.503. The molecule has 7 heteroatoms. The van der Waals surface area contributed by atoms with Gasteiger partial charge in [0.15, 0.2) is 0 Å². The minimum Gasteiger partial charge on any atom is -0.508 e. The number of para-hydroxylation sites is 1. The Bertz CT molecular complexity index is 996. The van der Waals surface area contributed by atoms with Crippen molar-refractivity contribution < 1.29 is 20.2 Å². The first-order valence-electron chi connectivity index (χ1n) is 12.5. The summed E-state index contributed by atoms with van der Waals surface area (Å²) in [5.74, 6) is 0.523. The molecule has 0 radical (unpaired) electrons. The molecule has 0 saturated carbocycles. The van der Waals surface area contributed by atoms with E-state index in [0.717, 1.165) is 42.7 Å². The van der Waals surface area contributed by atoms with Gasteiger partial charge in [0.05, 0.1) is 12.5 Å². The molecule has 7 nitrogen and oxygen atoms in total. The van der Waals surface area contributed by atoms with Crippen molar-refractivity contribution in [2.75, 3.05) is 24.5 Å². The van der Waals surface area contributed by atoms with Crippen molar-refractivity contribution in [3.05, 3.63) is 59.7 Å². The van der Waals surface area contributed by atoms with Crippen LogP contribution in [0.15, 0.2) is 48.5 Å². The third-order valence-electron chi connectivity index (χ3n) is 7.26. The van der Waals surface area contributed by atoms with Crippen molar-refractivity contribution in [3.63, 3.8) is 0 Å². The van der Waals surface area contributed by atoms with Gasteiger partial charge in [-0.25, -0.2) is 0 Å². The van der Waals surface area contributed by atoms with Crippen LogP contribution >= 0.6 is 0 Å². The van der Waals surface area contributed by atoms with E-state index in [1.54, 1.807) is 6.07 Å². The molecule has 2 aromatic rings. The van der Waals surface area contributed by atoms with E-state index in [-0.39, 0.29) is 35.2 Å². The van der Waals surface area contributed by atoms with Gasteiger partial charge in [0.2, 0.25) is 11.8 Å². The third kappa shape index (κ3) is 6.75. The van der Waals surface area contributed by atoms with Gasteiger partial charge in [0.25, 0.3) is 0 Å². The van der Waals surface area contributed by atoms with Crippen LogP contribution in [0.1, 0.15) is 70.5 Å². The number of aromatic hydroxyl groups is 1. The van der Waals surface area contributed by atoms with Crippen molar-refractivity contribution >= 4 is 17.5 Å². The molecule has 3 atom stereocenters. The van der Waals surface area contributed by atoms with Crippen LogP contribution in [0.5, 0.6) is 5.75 Å². The van der Waals surface area contributed by atoms with Gasteiger partial charge in [0.1, 0.15) is 5.75 Å². The van der Waals surface area contributed by atoms with Crippen LogP contribution in [0.3, 0.4) is 0 Å². The van der Waals surface area contributed by atoms with Crippen LogP contribution in [-0.2, 0) is 15.0 Å². The number of carbonyl (C=O) groups excluding carboxylic acids is 2. The molecule has 5 N–H and O–H groups in total. The zero-order valence-electron chi connectivity index (χ0n) is 21.4. The Labute approximate surface area is 209 Å². The van der Waals surface area contributed by atoms with E-state index < -0.39 is 0 Å². The average molecular weight is 484 g/mol. The lowest BCUT2D eigenvalue weighted by Crippen LogP contribution is -2.48. The number of hydrogen-bond acceptors (Lipinski definition) is 4. The molecule has 35 heavy (non-hydrogen) atoms. The lowest BCUT2D eigenvalue weighted by molar-refractivity contribution is -0.123. The van der Waals surface area contributed by atoms with Crippen LogP contribution in [0, 0.1) is 5.92 Å². The molecule has 3 rings (SSSR count). The number of rotatable bonds is 9. The molecule has 192 valence electrons. The number of nitrogens with zero attached hydrogens (tertiary/aromatic N) is 1. The van der Waals surface area contributed by atoms with Gasteiger partial charge in [0, 0.05) is 31.7 Å². The number of phenolic OH excluding ortho intramolecular Hbond substituents is 1. The molecular formula is C28H41N3O4. The fourth-order valence-corrected chi connectivity index (χ4v) is 4.87. The first-order chi connectivity index (χ1) is 16.3. The third-order valence-corrected chi connectivity index (χ3v) is 7.26. The summed E-state index contributed by atoms with van der Waals surface area (Å²) >= 11 is 0. The maximum Gasteiger partial charge on any atom is 0.222 e. The summed E-state index contributed by atoms with van der Waals surface area (Å²) in [7, 11) is 0. The van der Waals surface area contributed by atoms with Gasteiger partial charge in [-0.2, -0.15) is 0 Å². The van der Waals surface area contributed by atoms with Gasteiger partial charge in [-0.3, -0.25) is 9.59 Å². The van der Waals surface area contributed by atoms with Gasteiger partial charge < -0.3 is 26.1 Å². The normalized spacial score (nSPS) is 20.5. The van der Waals surface area contributed by atoms with E-state index in [1.165, 1.54) is 0 Å². The first kappa shape index (κ1) is 28.2.